The number of piperidine rings is 1. The average Bonchev–Trinajstić information content (AvgIpc) is 3.13. The van der Waals surface area contributed by atoms with Crippen molar-refractivity contribution in [3.8, 4) is 0 Å². The van der Waals surface area contributed by atoms with Gasteiger partial charge >= 0.3 is 0 Å². The first-order chi connectivity index (χ1) is 13.6. The first-order valence-corrected chi connectivity index (χ1v) is 10.1. The number of Topliss-reactive ketones (excluding diaryl/α,β-unsaturated/α-hetero) is 1. The van der Waals surface area contributed by atoms with E-state index in [4.69, 9.17) is 0 Å². The molecule has 1 aliphatic rings. The van der Waals surface area contributed by atoms with E-state index in [2.05, 4.69) is 4.90 Å². The molecule has 0 amide bonds. The molecule has 1 fully saturated rings. The Labute approximate surface area is 165 Å². The van der Waals surface area contributed by atoms with Crippen molar-refractivity contribution in [2.24, 2.45) is 7.05 Å². The number of nitrogens with zero attached hydrogens (tertiary/aromatic N) is 2. The fourth-order valence-corrected chi connectivity index (χ4v) is 4.09. The predicted octanol–water partition coefficient (Wildman–Crippen LogP) is 4.47. The number of rotatable bonds is 6. The van der Waals surface area contributed by atoms with E-state index in [9.17, 15) is 9.59 Å². The van der Waals surface area contributed by atoms with Gasteiger partial charge in [0.15, 0.2) is 5.78 Å². The molecule has 2 heterocycles. The SMILES string of the molecule is Cn1cc(C(=O)CCN2CCCCC2)cc1C(=O)c1cccc2ccccc12. The first kappa shape index (κ1) is 18.6. The van der Waals surface area contributed by atoms with E-state index in [0.717, 1.165) is 30.4 Å². The molecular weight excluding hydrogens is 348 g/mol. The van der Waals surface area contributed by atoms with Crippen LogP contribution in [-0.2, 0) is 7.05 Å². The Balaban J connectivity index is 1.53. The van der Waals surface area contributed by atoms with E-state index >= 15 is 0 Å². The number of carbonyl (C=O) groups excluding carboxylic acids is 2. The van der Waals surface area contributed by atoms with Crippen LogP contribution in [0, 0.1) is 0 Å². The second kappa shape index (κ2) is 8.11. The zero-order valence-corrected chi connectivity index (χ0v) is 16.4. The molecule has 144 valence electrons. The number of fused-ring (bicyclic) bond motifs is 1. The molecule has 0 atom stereocenters. The van der Waals surface area contributed by atoms with Gasteiger partial charge in [0.1, 0.15) is 0 Å². The molecule has 0 aliphatic carbocycles. The Morgan fingerprint density at radius 2 is 1.71 bits per heavy atom. The second-order valence-corrected chi connectivity index (χ2v) is 7.66. The summed E-state index contributed by atoms with van der Waals surface area (Å²) >= 11 is 0. The van der Waals surface area contributed by atoms with Crippen molar-refractivity contribution in [3.05, 3.63) is 71.5 Å². The smallest absolute Gasteiger partial charge is 0.210 e. The molecule has 28 heavy (non-hydrogen) atoms. The third-order valence-electron chi connectivity index (χ3n) is 5.70. The number of hydrogen-bond donors (Lipinski definition) is 0. The monoisotopic (exact) mass is 374 g/mol. The molecule has 1 aliphatic heterocycles. The normalized spacial score (nSPS) is 15.0. The number of aryl methyl sites for hydroxylation is 1. The lowest BCUT2D eigenvalue weighted by Crippen LogP contribution is -2.31. The zero-order valence-electron chi connectivity index (χ0n) is 16.4. The first-order valence-electron chi connectivity index (χ1n) is 10.1. The topological polar surface area (TPSA) is 42.3 Å². The lowest BCUT2D eigenvalue weighted by Gasteiger charge is -2.25. The van der Waals surface area contributed by atoms with E-state index in [-0.39, 0.29) is 11.6 Å². The molecule has 0 unspecified atom stereocenters. The van der Waals surface area contributed by atoms with Gasteiger partial charge in [0.2, 0.25) is 5.78 Å². The van der Waals surface area contributed by atoms with Crippen molar-refractivity contribution >= 4 is 22.3 Å². The van der Waals surface area contributed by atoms with E-state index < -0.39 is 0 Å². The highest BCUT2D eigenvalue weighted by molar-refractivity contribution is 6.16. The molecule has 3 aromatic rings. The largest absolute Gasteiger partial charge is 0.347 e. The number of ketones is 2. The van der Waals surface area contributed by atoms with Crippen molar-refractivity contribution in [3.63, 3.8) is 0 Å². The summed E-state index contributed by atoms with van der Waals surface area (Å²) in [6.07, 6.45) is 6.04. The van der Waals surface area contributed by atoms with Crippen molar-refractivity contribution in [2.75, 3.05) is 19.6 Å². The maximum atomic E-state index is 13.2. The highest BCUT2D eigenvalue weighted by atomic mass is 16.1. The molecule has 0 radical (unpaired) electrons. The maximum absolute atomic E-state index is 13.2. The third-order valence-corrected chi connectivity index (χ3v) is 5.70. The summed E-state index contributed by atoms with van der Waals surface area (Å²) in [6.45, 7) is 2.99. The van der Waals surface area contributed by atoms with E-state index in [1.807, 2.05) is 49.5 Å². The number of likely N-dealkylation sites (tertiary alicyclic amines) is 1. The summed E-state index contributed by atoms with van der Waals surface area (Å²) in [6, 6.07) is 15.4. The van der Waals surface area contributed by atoms with Crippen LogP contribution in [0.1, 0.15) is 52.1 Å². The lowest BCUT2D eigenvalue weighted by molar-refractivity contribution is 0.0958. The van der Waals surface area contributed by atoms with Crippen LogP contribution in [0.5, 0.6) is 0 Å². The van der Waals surface area contributed by atoms with Gasteiger partial charge in [-0.05, 0) is 42.8 Å². The van der Waals surface area contributed by atoms with Crippen molar-refractivity contribution in [2.45, 2.75) is 25.7 Å². The van der Waals surface area contributed by atoms with Gasteiger partial charge < -0.3 is 9.47 Å². The van der Waals surface area contributed by atoms with Gasteiger partial charge in [-0.15, -0.1) is 0 Å². The Hall–Kier alpha value is -2.72. The van der Waals surface area contributed by atoms with Crippen LogP contribution in [0.15, 0.2) is 54.7 Å². The number of aromatic nitrogens is 1. The van der Waals surface area contributed by atoms with Crippen LogP contribution in [0.4, 0.5) is 0 Å². The van der Waals surface area contributed by atoms with Crippen LogP contribution in [0.25, 0.3) is 10.8 Å². The fraction of sp³-hybridized carbons (Fsp3) is 0.333. The molecule has 0 N–H and O–H groups in total. The molecule has 4 heteroatoms. The van der Waals surface area contributed by atoms with Gasteiger partial charge in [-0.1, -0.05) is 48.9 Å². The van der Waals surface area contributed by atoms with Gasteiger partial charge in [-0.25, -0.2) is 0 Å². The van der Waals surface area contributed by atoms with Crippen LogP contribution in [0.3, 0.4) is 0 Å². The van der Waals surface area contributed by atoms with E-state index in [1.54, 1.807) is 16.8 Å². The highest BCUT2D eigenvalue weighted by Gasteiger charge is 2.19. The van der Waals surface area contributed by atoms with Crippen molar-refractivity contribution < 1.29 is 9.59 Å². The lowest BCUT2D eigenvalue weighted by atomic mass is 9.99. The van der Waals surface area contributed by atoms with Gasteiger partial charge in [0.05, 0.1) is 5.69 Å². The zero-order chi connectivity index (χ0) is 19.5. The Bertz CT molecular complexity index is 1010. The standard InChI is InChI=1S/C24H26N2O2/c1-25-17-19(23(27)12-15-26-13-5-2-6-14-26)16-22(25)24(28)21-11-7-9-18-8-3-4-10-20(18)21/h3-4,7-11,16-17H,2,5-6,12-15H2,1H3. The van der Waals surface area contributed by atoms with Crippen LogP contribution in [0.2, 0.25) is 0 Å². The predicted molar refractivity (Wildman–Crippen MR) is 112 cm³/mol. The molecule has 4 nitrogen and oxygen atoms in total. The van der Waals surface area contributed by atoms with Crippen LogP contribution < -0.4 is 0 Å². The van der Waals surface area contributed by atoms with Crippen molar-refractivity contribution in [1.29, 1.82) is 0 Å². The molecule has 0 spiro atoms. The number of benzene rings is 2. The summed E-state index contributed by atoms with van der Waals surface area (Å²) in [7, 11) is 1.83. The van der Waals surface area contributed by atoms with Gasteiger partial charge in [-0.3, -0.25) is 9.59 Å². The highest BCUT2D eigenvalue weighted by Crippen LogP contribution is 2.22. The Kier molecular flexibility index (Phi) is 5.40. The van der Waals surface area contributed by atoms with Crippen LogP contribution in [-0.4, -0.2) is 40.7 Å². The summed E-state index contributed by atoms with van der Waals surface area (Å²) in [4.78, 5) is 28.2. The quantitative estimate of drug-likeness (QED) is 0.598. The average molecular weight is 374 g/mol. The summed E-state index contributed by atoms with van der Waals surface area (Å²) < 4.78 is 1.78. The summed E-state index contributed by atoms with van der Waals surface area (Å²) in [5.74, 6) is 0.0625. The van der Waals surface area contributed by atoms with Gasteiger partial charge in [-0.2, -0.15) is 0 Å². The minimum atomic E-state index is -0.0469. The molecule has 0 saturated carbocycles. The van der Waals surface area contributed by atoms with E-state index in [0.29, 0.717) is 23.2 Å². The van der Waals surface area contributed by atoms with Crippen LogP contribution >= 0.6 is 0 Å². The number of carbonyl (C=O) groups is 2. The van der Waals surface area contributed by atoms with E-state index in [1.165, 1.54) is 19.3 Å². The molecule has 2 aromatic carbocycles. The molecule has 0 bridgehead atoms. The van der Waals surface area contributed by atoms with Gasteiger partial charge in [0.25, 0.3) is 0 Å². The minimum Gasteiger partial charge on any atom is -0.347 e. The van der Waals surface area contributed by atoms with Crippen molar-refractivity contribution in [1.82, 2.24) is 9.47 Å². The maximum Gasteiger partial charge on any atom is 0.210 e. The molecule has 1 aromatic heterocycles. The molecule has 1 saturated heterocycles. The summed E-state index contributed by atoms with van der Waals surface area (Å²) in [5, 5.41) is 1.98. The summed E-state index contributed by atoms with van der Waals surface area (Å²) in [5.41, 5.74) is 1.85. The molecule has 4 rings (SSSR count). The Morgan fingerprint density at radius 1 is 0.964 bits per heavy atom. The van der Waals surface area contributed by atoms with Gasteiger partial charge in [0, 0.05) is 37.3 Å². The Morgan fingerprint density at radius 3 is 2.54 bits per heavy atom. The minimum absolute atomic E-state index is 0.0469. The fourth-order valence-electron chi connectivity index (χ4n) is 4.09. The number of hydrogen-bond acceptors (Lipinski definition) is 3. The second-order valence-electron chi connectivity index (χ2n) is 7.66. The molecular formula is C24H26N2O2. The third kappa shape index (κ3) is 3.78.